The van der Waals surface area contributed by atoms with Gasteiger partial charge in [-0.2, -0.15) is 10.5 Å². The summed E-state index contributed by atoms with van der Waals surface area (Å²) in [4.78, 5) is 38.9. The van der Waals surface area contributed by atoms with Gasteiger partial charge in [0.2, 0.25) is 0 Å². The van der Waals surface area contributed by atoms with Gasteiger partial charge in [0.1, 0.15) is 28.3 Å². The molecule has 0 aliphatic rings. The van der Waals surface area contributed by atoms with Gasteiger partial charge in [-0.05, 0) is 65.8 Å². The maximum absolute atomic E-state index is 11.2. The van der Waals surface area contributed by atoms with Gasteiger partial charge < -0.3 is 20.2 Å². The topological polar surface area (TPSA) is 167 Å². The van der Waals surface area contributed by atoms with E-state index in [2.05, 4.69) is 4.85 Å². The number of hydrogen-bond acceptors (Lipinski definition) is 7. The summed E-state index contributed by atoms with van der Waals surface area (Å²) < 4.78 is 0. The normalized spacial score (nSPS) is 11.6. The Morgan fingerprint density at radius 3 is 1.67 bits per heavy atom. The standard InChI is InChI=1S/C28H16N4O6S/c1-31-24(28(37)38)13-18-4-8-22(9-5-18)32(25-11-10-23(39-25)14-20(16-30)27(35)36)21-6-2-17(3-7-21)12-19(15-29)26(33)34/h2-14H,(H,33,34)(H,35,36)(H,37,38)/b19-12+,20-14-,24-13+. The van der Waals surface area contributed by atoms with Gasteiger partial charge in [-0.3, -0.25) is 4.79 Å². The molecule has 2 aromatic carbocycles. The number of rotatable bonds is 9. The number of benzene rings is 2. The largest absolute Gasteiger partial charge is 0.486 e. The van der Waals surface area contributed by atoms with E-state index >= 15 is 0 Å². The molecule has 0 bridgehead atoms. The van der Waals surface area contributed by atoms with Crippen molar-refractivity contribution in [2.75, 3.05) is 4.90 Å². The van der Waals surface area contributed by atoms with Crippen LogP contribution in [-0.2, 0) is 14.4 Å². The van der Waals surface area contributed by atoms with Crippen molar-refractivity contribution in [1.82, 2.24) is 0 Å². The fourth-order valence-electron chi connectivity index (χ4n) is 3.28. The number of nitriles is 2. The maximum Gasteiger partial charge on any atom is 0.346 e. The highest BCUT2D eigenvalue weighted by Gasteiger charge is 2.16. The van der Waals surface area contributed by atoms with E-state index in [1.807, 2.05) is 4.90 Å². The molecule has 3 rings (SSSR count). The molecule has 0 atom stereocenters. The lowest BCUT2D eigenvalue weighted by molar-refractivity contribution is -0.133. The molecular weight excluding hydrogens is 520 g/mol. The first-order chi connectivity index (χ1) is 18.7. The van der Waals surface area contributed by atoms with Crippen molar-refractivity contribution >= 4 is 63.8 Å². The Morgan fingerprint density at radius 1 is 0.744 bits per heavy atom. The number of carboxylic acids is 3. The molecule has 0 unspecified atom stereocenters. The molecule has 0 saturated carbocycles. The van der Waals surface area contributed by atoms with Crippen molar-refractivity contribution in [3.05, 3.63) is 105 Å². The number of aliphatic carboxylic acids is 3. The van der Waals surface area contributed by atoms with Crippen LogP contribution >= 0.6 is 11.3 Å². The molecule has 0 aliphatic heterocycles. The van der Waals surface area contributed by atoms with Crippen LogP contribution in [-0.4, -0.2) is 33.2 Å². The smallest absolute Gasteiger partial charge is 0.346 e. The molecule has 1 aromatic heterocycles. The summed E-state index contributed by atoms with van der Waals surface area (Å²) >= 11 is 1.21. The van der Waals surface area contributed by atoms with Gasteiger partial charge in [-0.1, -0.05) is 24.3 Å². The third kappa shape index (κ3) is 6.83. The number of thiophene rings is 1. The van der Waals surface area contributed by atoms with Gasteiger partial charge in [0, 0.05) is 16.3 Å². The first-order valence-corrected chi connectivity index (χ1v) is 11.6. The van der Waals surface area contributed by atoms with Crippen LogP contribution in [0, 0.1) is 29.2 Å². The van der Waals surface area contributed by atoms with Crippen LogP contribution < -0.4 is 4.90 Å². The number of carbonyl (C=O) groups is 3. The fourth-order valence-corrected chi connectivity index (χ4v) is 4.27. The summed E-state index contributed by atoms with van der Waals surface area (Å²) in [7, 11) is 0. The van der Waals surface area contributed by atoms with Crippen molar-refractivity contribution in [2.24, 2.45) is 0 Å². The Kier molecular flexibility index (Phi) is 8.73. The first-order valence-electron chi connectivity index (χ1n) is 10.8. The molecule has 10 nitrogen and oxygen atoms in total. The minimum Gasteiger partial charge on any atom is -0.486 e. The minimum atomic E-state index is -1.35. The van der Waals surface area contributed by atoms with Gasteiger partial charge in [-0.15, -0.1) is 11.3 Å². The lowest BCUT2D eigenvalue weighted by Crippen LogP contribution is -2.08. The van der Waals surface area contributed by atoms with Crippen LogP contribution in [0.5, 0.6) is 0 Å². The van der Waals surface area contributed by atoms with E-state index in [-0.39, 0.29) is 0 Å². The number of carboxylic acid groups (broad SMARTS) is 3. The highest BCUT2D eigenvalue weighted by molar-refractivity contribution is 7.17. The van der Waals surface area contributed by atoms with Crippen molar-refractivity contribution in [3.63, 3.8) is 0 Å². The van der Waals surface area contributed by atoms with Crippen molar-refractivity contribution in [2.45, 2.75) is 0 Å². The third-order valence-corrected chi connectivity index (χ3v) is 6.10. The van der Waals surface area contributed by atoms with E-state index in [1.54, 1.807) is 72.8 Å². The summed E-state index contributed by atoms with van der Waals surface area (Å²) in [5.41, 5.74) is 0.937. The minimum absolute atomic E-state index is 0.426. The molecule has 3 N–H and O–H groups in total. The van der Waals surface area contributed by atoms with Crippen LogP contribution in [0.15, 0.2) is 77.5 Å². The van der Waals surface area contributed by atoms with E-state index in [4.69, 9.17) is 32.4 Å². The summed E-state index contributed by atoms with van der Waals surface area (Å²) in [6.07, 6.45) is 3.73. The molecule has 0 spiro atoms. The van der Waals surface area contributed by atoms with Crippen LogP contribution in [0.2, 0.25) is 0 Å². The molecular formula is C28H16N4O6S. The second kappa shape index (κ2) is 12.3. The molecule has 0 aliphatic carbocycles. The first kappa shape index (κ1) is 27.6. The quantitative estimate of drug-likeness (QED) is 0.180. The van der Waals surface area contributed by atoms with Crippen LogP contribution in [0.25, 0.3) is 23.1 Å². The molecule has 3 aromatic rings. The van der Waals surface area contributed by atoms with E-state index in [1.165, 1.54) is 29.6 Å². The Bertz CT molecular complexity index is 1580. The Balaban J connectivity index is 2.09. The lowest BCUT2D eigenvalue weighted by Gasteiger charge is -2.24. The highest BCUT2D eigenvalue weighted by Crippen LogP contribution is 2.39. The average Bonchev–Trinajstić information content (AvgIpc) is 3.38. The molecule has 0 saturated heterocycles. The van der Waals surface area contributed by atoms with Gasteiger partial charge in [0.15, 0.2) is 0 Å². The Morgan fingerprint density at radius 2 is 1.23 bits per heavy atom. The lowest BCUT2D eigenvalue weighted by atomic mass is 10.1. The molecule has 190 valence electrons. The number of hydrogen-bond donors (Lipinski definition) is 3. The summed E-state index contributed by atoms with van der Waals surface area (Å²) in [6, 6.07) is 20.0. The van der Waals surface area contributed by atoms with Gasteiger partial charge >= 0.3 is 17.9 Å². The van der Waals surface area contributed by atoms with E-state index in [0.29, 0.717) is 32.4 Å². The zero-order chi connectivity index (χ0) is 28.5. The van der Waals surface area contributed by atoms with Gasteiger partial charge in [0.25, 0.3) is 5.70 Å². The van der Waals surface area contributed by atoms with E-state index < -0.39 is 34.8 Å². The zero-order valence-electron chi connectivity index (χ0n) is 19.8. The molecule has 0 amide bonds. The van der Waals surface area contributed by atoms with Crippen LogP contribution in [0.3, 0.4) is 0 Å². The Hall–Kier alpha value is -5.96. The maximum atomic E-state index is 11.2. The van der Waals surface area contributed by atoms with Gasteiger partial charge in [-0.25, -0.2) is 14.4 Å². The third-order valence-electron chi connectivity index (χ3n) is 5.08. The molecule has 0 fully saturated rings. The summed E-state index contributed by atoms with van der Waals surface area (Å²) in [5.74, 6) is -4.04. The second-order valence-corrected chi connectivity index (χ2v) is 8.68. The van der Waals surface area contributed by atoms with Crippen molar-refractivity contribution in [3.8, 4) is 12.1 Å². The van der Waals surface area contributed by atoms with E-state index in [0.717, 1.165) is 0 Å². The molecule has 0 radical (unpaired) electrons. The van der Waals surface area contributed by atoms with Crippen LogP contribution in [0.1, 0.15) is 16.0 Å². The highest BCUT2D eigenvalue weighted by atomic mass is 32.1. The second-order valence-electron chi connectivity index (χ2n) is 7.59. The molecule has 11 heteroatoms. The predicted molar refractivity (Wildman–Crippen MR) is 144 cm³/mol. The van der Waals surface area contributed by atoms with Crippen molar-refractivity contribution < 1.29 is 29.7 Å². The number of anilines is 3. The summed E-state index contributed by atoms with van der Waals surface area (Å²) in [6.45, 7) is 7.01. The van der Waals surface area contributed by atoms with Crippen LogP contribution in [0.4, 0.5) is 16.4 Å². The van der Waals surface area contributed by atoms with Gasteiger partial charge in [0.05, 0.1) is 6.57 Å². The predicted octanol–water partition coefficient (Wildman–Crippen LogP) is 5.55. The average molecular weight is 537 g/mol. The molecule has 39 heavy (non-hydrogen) atoms. The zero-order valence-corrected chi connectivity index (χ0v) is 20.6. The van der Waals surface area contributed by atoms with E-state index in [9.17, 15) is 14.4 Å². The number of nitrogens with zero attached hydrogens (tertiary/aromatic N) is 4. The van der Waals surface area contributed by atoms with Crippen molar-refractivity contribution in [1.29, 1.82) is 10.5 Å². The molecule has 1 heterocycles. The fraction of sp³-hybridized carbons (Fsp3) is 0. The summed E-state index contributed by atoms with van der Waals surface area (Å²) in [5, 5.41) is 46.1. The SMILES string of the molecule is [C-]#[N+]/C(=C/c1ccc(N(c2ccc(/C=C(\C#N)C(=O)O)cc2)c2ccc(/C=C(/C#N)C(=O)O)s2)cc1)C(=O)O. The monoisotopic (exact) mass is 536 g/mol. The Labute approximate surface area is 226 Å².